The van der Waals surface area contributed by atoms with E-state index in [-0.39, 0.29) is 29.0 Å². The molecule has 1 heterocycles. The number of sulfonamides is 1. The molecule has 0 atom stereocenters. The van der Waals surface area contributed by atoms with Gasteiger partial charge in [-0.15, -0.1) is 0 Å². The van der Waals surface area contributed by atoms with Crippen LogP contribution in [-0.2, 0) is 10.0 Å². The summed E-state index contributed by atoms with van der Waals surface area (Å²) in [5.41, 5.74) is 5.13. The third-order valence-corrected chi connectivity index (χ3v) is 6.07. The molecule has 1 saturated heterocycles. The topological polar surface area (TPSA) is 107 Å². The zero-order valence-corrected chi connectivity index (χ0v) is 13.2. The summed E-state index contributed by atoms with van der Waals surface area (Å²) in [7, 11) is -3.91. The first-order chi connectivity index (χ1) is 9.75. The van der Waals surface area contributed by atoms with Crippen LogP contribution in [0.15, 0.2) is 17.0 Å². The van der Waals surface area contributed by atoms with Crippen molar-refractivity contribution >= 4 is 38.9 Å². The van der Waals surface area contributed by atoms with E-state index in [1.807, 2.05) is 0 Å². The van der Waals surface area contributed by atoms with Crippen molar-refractivity contribution in [2.45, 2.75) is 23.8 Å². The van der Waals surface area contributed by atoms with Gasteiger partial charge in [0.25, 0.3) is 0 Å². The van der Waals surface area contributed by atoms with Gasteiger partial charge in [-0.25, -0.2) is 8.42 Å². The summed E-state index contributed by atoms with van der Waals surface area (Å²) in [4.78, 5) is 9.85. The van der Waals surface area contributed by atoms with Gasteiger partial charge in [-0.3, -0.25) is 10.1 Å². The maximum Gasteiger partial charge on any atom is 0.307 e. The summed E-state index contributed by atoms with van der Waals surface area (Å²) in [6.07, 6.45) is 1.07. The first-order valence-corrected chi connectivity index (χ1v) is 8.33. The van der Waals surface area contributed by atoms with Gasteiger partial charge in [0.1, 0.15) is 14.9 Å². The smallest absolute Gasteiger partial charge is 0.307 e. The minimum absolute atomic E-state index is 0.0357. The van der Waals surface area contributed by atoms with Crippen LogP contribution in [0.3, 0.4) is 0 Å². The number of nitro groups is 1. The van der Waals surface area contributed by atoms with Crippen molar-refractivity contribution in [3.05, 3.63) is 32.3 Å². The van der Waals surface area contributed by atoms with Gasteiger partial charge in [-0.2, -0.15) is 4.31 Å². The van der Waals surface area contributed by atoms with Crippen molar-refractivity contribution in [1.82, 2.24) is 4.31 Å². The van der Waals surface area contributed by atoms with Crippen LogP contribution < -0.4 is 5.73 Å². The second-order valence-electron chi connectivity index (χ2n) is 4.71. The van der Waals surface area contributed by atoms with Gasteiger partial charge in [-0.05, 0) is 25.0 Å². The highest BCUT2D eigenvalue weighted by Crippen LogP contribution is 2.38. The van der Waals surface area contributed by atoms with Crippen LogP contribution in [0.2, 0.25) is 10.0 Å². The number of nitrogens with two attached hydrogens (primary N) is 1. The lowest BCUT2D eigenvalue weighted by Crippen LogP contribution is -2.42. The molecule has 0 radical (unpaired) electrons. The molecule has 0 spiro atoms. The van der Waals surface area contributed by atoms with Crippen LogP contribution in [-0.4, -0.2) is 36.8 Å². The van der Waals surface area contributed by atoms with Crippen molar-refractivity contribution in [2.75, 3.05) is 13.1 Å². The molecule has 2 N–H and O–H groups in total. The zero-order valence-electron chi connectivity index (χ0n) is 10.8. The number of rotatable bonds is 3. The second kappa shape index (κ2) is 6.05. The first kappa shape index (κ1) is 16.4. The van der Waals surface area contributed by atoms with E-state index in [0.29, 0.717) is 12.8 Å². The van der Waals surface area contributed by atoms with Crippen LogP contribution in [0.5, 0.6) is 0 Å². The van der Waals surface area contributed by atoms with E-state index in [1.165, 1.54) is 10.4 Å². The van der Waals surface area contributed by atoms with Crippen molar-refractivity contribution in [3.63, 3.8) is 0 Å². The minimum atomic E-state index is -3.91. The van der Waals surface area contributed by atoms with Crippen molar-refractivity contribution in [1.29, 1.82) is 0 Å². The molecule has 0 saturated carbocycles. The standard InChI is InChI=1S/C11H13Cl2N3O4S/c12-8-1-2-9(10(13)11(8)16(17)18)21(19,20)15-5-3-7(14)4-6-15/h1-2,7H,3-6,14H2. The normalized spacial score (nSPS) is 17.9. The monoisotopic (exact) mass is 353 g/mol. The Bertz CT molecular complexity index is 672. The Morgan fingerprint density at radius 3 is 2.38 bits per heavy atom. The largest absolute Gasteiger partial charge is 0.328 e. The number of nitrogens with zero attached hydrogens (tertiary/aromatic N) is 2. The molecule has 2 rings (SSSR count). The second-order valence-corrected chi connectivity index (χ2v) is 7.40. The molecule has 7 nitrogen and oxygen atoms in total. The summed E-state index contributed by atoms with van der Waals surface area (Å²) in [5, 5.41) is 10.3. The quantitative estimate of drug-likeness (QED) is 0.660. The molecule has 10 heteroatoms. The lowest BCUT2D eigenvalue weighted by atomic mass is 10.1. The number of nitro benzene ring substituents is 1. The molecule has 0 bridgehead atoms. The minimum Gasteiger partial charge on any atom is -0.328 e. The number of piperidine rings is 1. The Morgan fingerprint density at radius 1 is 1.29 bits per heavy atom. The Kier molecular flexibility index (Phi) is 4.74. The first-order valence-electron chi connectivity index (χ1n) is 6.13. The molecular weight excluding hydrogens is 341 g/mol. The maximum absolute atomic E-state index is 12.5. The molecule has 0 aromatic heterocycles. The molecule has 116 valence electrons. The van der Waals surface area contributed by atoms with Gasteiger partial charge in [0.05, 0.1) is 4.92 Å². The van der Waals surface area contributed by atoms with Gasteiger partial charge in [0.2, 0.25) is 10.0 Å². The van der Waals surface area contributed by atoms with E-state index in [4.69, 9.17) is 28.9 Å². The number of hydrogen-bond acceptors (Lipinski definition) is 5. The van der Waals surface area contributed by atoms with E-state index in [1.54, 1.807) is 0 Å². The lowest BCUT2D eigenvalue weighted by molar-refractivity contribution is -0.384. The van der Waals surface area contributed by atoms with Crippen molar-refractivity contribution in [3.8, 4) is 0 Å². The van der Waals surface area contributed by atoms with Crippen LogP contribution >= 0.6 is 23.2 Å². The van der Waals surface area contributed by atoms with E-state index in [2.05, 4.69) is 0 Å². The van der Waals surface area contributed by atoms with Gasteiger partial charge in [0, 0.05) is 19.1 Å². The molecule has 0 amide bonds. The Morgan fingerprint density at radius 2 is 1.86 bits per heavy atom. The van der Waals surface area contributed by atoms with Crippen molar-refractivity contribution < 1.29 is 13.3 Å². The fourth-order valence-corrected chi connectivity index (χ4v) is 4.48. The van der Waals surface area contributed by atoms with E-state index in [0.717, 1.165) is 6.07 Å². The molecule has 1 fully saturated rings. The molecule has 0 aliphatic carbocycles. The third kappa shape index (κ3) is 3.14. The Labute approximate surface area is 131 Å². The number of benzene rings is 1. The summed E-state index contributed by atoms with van der Waals surface area (Å²) in [6.45, 7) is 0.520. The van der Waals surface area contributed by atoms with Crippen LogP contribution in [0, 0.1) is 10.1 Å². The van der Waals surface area contributed by atoms with Crippen molar-refractivity contribution in [2.24, 2.45) is 5.73 Å². The van der Waals surface area contributed by atoms with Gasteiger partial charge in [-0.1, -0.05) is 23.2 Å². The maximum atomic E-state index is 12.5. The molecule has 21 heavy (non-hydrogen) atoms. The Hall–Kier alpha value is -0.930. The van der Waals surface area contributed by atoms with E-state index in [9.17, 15) is 18.5 Å². The van der Waals surface area contributed by atoms with Gasteiger partial charge < -0.3 is 5.73 Å². The molecule has 1 aromatic carbocycles. The SMILES string of the molecule is NC1CCN(S(=O)(=O)c2ccc(Cl)c([N+](=O)[O-])c2Cl)CC1. The molecule has 0 unspecified atom stereocenters. The zero-order chi connectivity index (χ0) is 15.8. The molecular formula is C11H13Cl2N3O4S. The van der Waals surface area contributed by atoms with Crippen LogP contribution in [0.1, 0.15) is 12.8 Å². The molecule has 1 aliphatic heterocycles. The fourth-order valence-electron chi connectivity index (χ4n) is 2.14. The average Bonchev–Trinajstić information content (AvgIpc) is 2.38. The summed E-state index contributed by atoms with van der Waals surface area (Å²) in [5.74, 6) is 0. The predicted molar refractivity (Wildman–Crippen MR) is 79.1 cm³/mol. The average molecular weight is 354 g/mol. The Balaban J connectivity index is 2.46. The number of halogens is 2. The van der Waals surface area contributed by atoms with E-state index >= 15 is 0 Å². The highest BCUT2D eigenvalue weighted by Gasteiger charge is 2.33. The summed E-state index contributed by atoms with van der Waals surface area (Å²) < 4.78 is 26.3. The van der Waals surface area contributed by atoms with Crippen LogP contribution in [0.4, 0.5) is 5.69 Å². The summed E-state index contributed by atoms with van der Waals surface area (Å²) in [6, 6.07) is 2.31. The van der Waals surface area contributed by atoms with Gasteiger partial charge >= 0.3 is 5.69 Å². The summed E-state index contributed by atoms with van der Waals surface area (Å²) >= 11 is 11.6. The highest BCUT2D eigenvalue weighted by atomic mass is 35.5. The fraction of sp³-hybridized carbons (Fsp3) is 0.455. The molecule has 1 aromatic rings. The van der Waals surface area contributed by atoms with Gasteiger partial charge in [0.15, 0.2) is 0 Å². The lowest BCUT2D eigenvalue weighted by Gasteiger charge is -2.29. The highest BCUT2D eigenvalue weighted by molar-refractivity contribution is 7.89. The predicted octanol–water partition coefficient (Wildman–Crippen LogP) is 2.01. The third-order valence-electron chi connectivity index (χ3n) is 3.33. The number of hydrogen-bond donors (Lipinski definition) is 1. The van der Waals surface area contributed by atoms with Crippen LogP contribution in [0.25, 0.3) is 0 Å². The van der Waals surface area contributed by atoms with E-state index < -0.39 is 25.7 Å². The molecule has 1 aliphatic rings.